The Kier molecular flexibility index (Phi) is 3.25. The van der Waals surface area contributed by atoms with Crippen molar-refractivity contribution in [3.05, 3.63) is 54.0 Å². The van der Waals surface area contributed by atoms with Gasteiger partial charge in [0.15, 0.2) is 0 Å². The molecule has 0 atom stereocenters. The Morgan fingerprint density at radius 2 is 2.21 bits per heavy atom. The maximum atomic E-state index is 12.8. The lowest BCUT2D eigenvalue weighted by Gasteiger charge is -2.07. The molecule has 3 nitrogen and oxygen atoms in total. The molecule has 0 fully saturated rings. The second-order valence-electron chi connectivity index (χ2n) is 2.69. The number of nitrogens with one attached hydrogen (secondary N) is 1. The van der Waals surface area contributed by atoms with Gasteiger partial charge in [0.25, 0.3) is 0 Å². The molecule has 0 radical (unpaired) electrons. The van der Waals surface area contributed by atoms with Crippen LogP contribution in [0.5, 0.6) is 0 Å². The molecule has 4 heteroatoms. The van der Waals surface area contributed by atoms with Crippen LogP contribution in [0.4, 0.5) is 4.39 Å². The fraction of sp³-hybridized carbons (Fsp3) is 0. The van der Waals surface area contributed by atoms with Gasteiger partial charge in [0.05, 0.1) is 11.4 Å². The Labute approximate surface area is 81.9 Å². The van der Waals surface area contributed by atoms with Crippen molar-refractivity contribution in [2.24, 2.45) is 11.6 Å². The van der Waals surface area contributed by atoms with Crippen LogP contribution in [0.2, 0.25) is 0 Å². The van der Waals surface area contributed by atoms with Crippen molar-refractivity contribution in [2.45, 2.75) is 0 Å². The molecule has 14 heavy (non-hydrogen) atoms. The van der Waals surface area contributed by atoms with Crippen LogP contribution >= 0.6 is 0 Å². The Morgan fingerprint density at radius 3 is 2.71 bits per heavy atom. The SMILES string of the molecule is C=C/C(NN)=C(/N)c1cccc(F)c1. The number of halogens is 1. The highest BCUT2D eigenvalue weighted by atomic mass is 19.1. The second-order valence-corrected chi connectivity index (χ2v) is 2.69. The first-order valence-corrected chi connectivity index (χ1v) is 4.03. The molecule has 0 aliphatic carbocycles. The topological polar surface area (TPSA) is 64.1 Å². The second kappa shape index (κ2) is 4.43. The minimum absolute atomic E-state index is 0.342. The molecule has 74 valence electrons. The van der Waals surface area contributed by atoms with Crippen LogP contribution in [0.1, 0.15) is 5.56 Å². The molecule has 1 aromatic carbocycles. The van der Waals surface area contributed by atoms with Gasteiger partial charge in [-0.2, -0.15) is 0 Å². The van der Waals surface area contributed by atoms with Gasteiger partial charge in [-0.15, -0.1) is 0 Å². The molecule has 0 amide bonds. The predicted molar refractivity (Wildman–Crippen MR) is 55.0 cm³/mol. The monoisotopic (exact) mass is 193 g/mol. The largest absolute Gasteiger partial charge is 0.397 e. The highest BCUT2D eigenvalue weighted by molar-refractivity contribution is 5.67. The summed E-state index contributed by atoms with van der Waals surface area (Å²) in [6.07, 6.45) is 1.47. The quantitative estimate of drug-likeness (QED) is 0.382. The lowest BCUT2D eigenvalue weighted by Crippen LogP contribution is -2.23. The molecule has 0 aromatic heterocycles. The number of hydrogen-bond acceptors (Lipinski definition) is 3. The molecular formula is C10H12FN3. The molecular weight excluding hydrogens is 181 g/mol. The third-order valence-electron chi connectivity index (χ3n) is 1.79. The van der Waals surface area contributed by atoms with Gasteiger partial charge < -0.3 is 11.2 Å². The summed E-state index contributed by atoms with van der Waals surface area (Å²) in [5.74, 6) is 4.86. The molecule has 0 unspecified atom stereocenters. The summed E-state index contributed by atoms with van der Waals surface area (Å²) in [4.78, 5) is 0. The van der Waals surface area contributed by atoms with E-state index in [1.165, 1.54) is 18.2 Å². The lowest BCUT2D eigenvalue weighted by atomic mass is 10.1. The summed E-state index contributed by atoms with van der Waals surface area (Å²) in [6.45, 7) is 3.53. The maximum absolute atomic E-state index is 12.8. The molecule has 0 saturated carbocycles. The predicted octanol–water partition coefficient (Wildman–Crippen LogP) is 1.10. The van der Waals surface area contributed by atoms with E-state index in [2.05, 4.69) is 12.0 Å². The van der Waals surface area contributed by atoms with Gasteiger partial charge in [0.1, 0.15) is 5.82 Å². The van der Waals surface area contributed by atoms with E-state index < -0.39 is 0 Å². The van der Waals surface area contributed by atoms with Crippen LogP contribution in [-0.4, -0.2) is 0 Å². The van der Waals surface area contributed by atoms with Crippen molar-refractivity contribution in [1.29, 1.82) is 0 Å². The number of allylic oxidation sites excluding steroid dienone is 1. The van der Waals surface area contributed by atoms with Gasteiger partial charge in [0.2, 0.25) is 0 Å². The molecule has 0 spiro atoms. The van der Waals surface area contributed by atoms with Crippen LogP contribution in [0.25, 0.3) is 5.70 Å². The normalized spacial score (nSPS) is 11.9. The summed E-state index contributed by atoms with van der Waals surface area (Å²) in [5.41, 5.74) is 9.51. The zero-order chi connectivity index (χ0) is 10.6. The molecule has 1 aromatic rings. The van der Waals surface area contributed by atoms with Crippen LogP contribution in [0, 0.1) is 5.82 Å². The van der Waals surface area contributed by atoms with Crippen molar-refractivity contribution >= 4 is 5.70 Å². The molecule has 0 aliphatic heterocycles. The zero-order valence-corrected chi connectivity index (χ0v) is 7.63. The van der Waals surface area contributed by atoms with Gasteiger partial charge in [-0.1, -0.05) is 18.7 Å². The van der Waals surface area contributed by atoms with Gasteiger partial charge in [-0.25, -0.2) is 4.39 Å². The van der Waals surface area contributed by atoms with Gasteiger partial charge >= 0.3 is 0 Å². The summed E-state index contributed by atoms with van der Waals surface area (Å²) >= 11 is 0. The zero-order valence-electron chi connectivity index (χ0n) is 7.63. The van der Waals surface area contributed by atoms with E-state index in [1.807, 2.05) is 0 Å². The van der Waals surface area contributed by atoms with E-state index in [0.29, 0.717) is 17.0 Å². The highest BCUT2D eigenvalue weighted by Crippen LogP contribution is 2.13. The summed E-state index contributed by atoms with van der Waals surface area (Å²) in [6, 6.07) is 5.95. The number of benzene rings is 1. The minimum atomic E-state index is -0.342. The maximum Gasteiger partial charge on any atom is 0.123 e. The lowest BCUT2D eigenvalue weighted by molar-refractivity contribution is 0.627. The fourth-order valence-corrected chi connectivity index (χ4v) is 1.06. The van der Waals surface area contributed by atoms with E-state index in [1.54, 1.807) is 12.1 Å². The third kappa shape index (κ3) is 2.11. The third-order valence-corrected chi connectivity index (χ3v) is 1.79. The van der Waals surface area contributed by atoms with Crippen molar-refractivity contribution in [1.82, 2.24) is 5.43 Å². The summed E-state index contributed by atoms with van der Waals surface area (Å²) in [5, 5.41) is 0. The average molecular weight is 193 g/mol. The van der Waals surface area contributed by atoms with Crippen molar-refractivity contribution in [3.8, 4) is 0 Å². The number of rotatable bonds is 3. The van der Waals surface area contributed by atoms with Gasteiger partial charge in [-0.05, 0) is 18.2 Å². The van der Waals surface area contributed by atoms with Gasteiger partial charge in [-0.3, -0.25) is 5.84 Å². The Morgan fingerprint density at radius 1 is 1.50 bits per heavy atom. The Balaban J connectivity index is 3.16. The van der Waals surface area contributed by atoms with Gasteiger partial charge in [0, 0.05) is 5.56 Å². The molecule has 0 bridgehead atoms. The number of hydrogen-bond donors (Lipinski definition) is 3. The molecule has 0 saturated heterocycles. The minimum Gasteiger partial charge on any atom is -0.397 e. The van der Waals surface area contributed by atoms with Crippen LogP contribution in [-0.2, 0) is 0 Å². The van der Waals surface area contributed by atoms with Crippen molar-refractivity contribution in [3.63, 3.8) is 0 Å². The first kappa shape index (κ1) is 10.3. The van der Waals surface area contributed by atoms with E-state index in [0.717, 1.165) is 0 Å². The summed E-state index contributed by atoms with van der Waals surface area (Å²) in [7, 11) is 0. The van der Waals surface area contributed by atoms with E-state index >= 15 is 0 Å². The first-order chi connectivity index (χ1) is 6.69. The molecule has 0 aliphatic rings. The molecule has 1 rings (SSSR count). The summed E-state index contributed by atoms with van der Waals surface area (Å²) < 4.78 is 12.8. The van der Waals surface area contributed by atoms with Crippen LogP contribution in [0.15, 0.2) is 42.6 Å². The molecule has 0 heterocycles. The van der Waals surface area contributed by atoms with Crippen LogP contribution < -0.4 is 17.0 Å². The smallest absolute Gasteiger partial charge is 0.123 e. The van der Waals surface area contributed by atoms with E-state index in [-0.39, 0.29) is 5.82 Å². The number of hydrazine groups is 1. The van der Waals surface area contributed by atoms with Crippen LogP contribution in [0.3, 0.4) is 0 Å². The van der Waals surface area contributed by atoms with E-state index in [4.69, 9.17) is 11.6 Å². The van der Waals surface area contributed by atoms with Crippen molar-refractivity contribution in [2.75, 3.05) is 0 Å². The number of nitrogens with two attached hydrogens (primary N) is 2. The Hall–Kier alpha value is -1.81. The Bertz CT molecular complexity index is 371. The first-order valence-electron chi connectivity index (χ1n) is 4.03. The molecule has 5 N–H and O–H groups in total. The van der Waals surface area contributed by atoms with E-state index in [9.17, 15) is 4.39 Å². The highest BCUT2D eigenvalue weighted by Gasteiger charge is 2.02. The fourth-order valence-electron chi connectivity index (χ4n) is 1.06. The standard InChI is InChI=1S/C10H12FN3/c1-2-9(14-13)10(12)7-4-3-5-8(11)6-7/h2-6,14H,1,12-13H2/b10-9-. The van der Waals surface area contributed by atoms with Crippen molar-refractivity contribution < 1.29 is 4.39 Å². The average Bonchev–Trinajstić information content (AvgIpc) is 2.19.